The van der Waals surface area contributed by atoms with Crippen molar-refractivity contribution in [3.63, 3.8) is 0 Å². The summed E-state index contributed by atoms with van der Waals surface area (Å²) in [7, 11) is 3.48. The maximum Gasteiger partial charge on any atom is 0.161 e. The highest BCUT2D eigenvalue weighted by atomic mass is 16.5. The number of nitrogens with two attached hydrogens (primary N) is 1. The second-order valence-corrected chi connectivity index (χ2v) is 4.05. The molecule has 6 heteroatoms. The number of methoxy groups -OCH3 is 1. The molecule has 2 aromatic heterocycles. The van der Waals surface area contributed by atoms with E-state index in [2.05, 4.69) is 15.5 Å². The van der Waals surface area contributed by atoms with E-state index in [9.17, 15) is 0 Å². The lowest BCUT2D eigenvalue weighted by Gasteiger charge is -2.19. The van der Waals surface area contributed by atoms with Gasteiger partial charge in [0.1, 0.15) is 5.69 Å². The third-order valence-corrected chi connectivity index (χ3v) is 2.98. The normalized spacial score (nSPS) is 12.4. The number of rotatable bonds is 4. The summed E-state index contributed by atoms with van der Waals surface area (Å²) in [5.74, 6) is 6.40. The molecule has 0 aromatic carbocycles. The van der Waals surface area contributed by atoms with Gasteiger partial charge in [0.05, 0.1) is 19.3 Å². The van der Waals surface area contributed by atoms with Crippen molar-refractivity contribution in [3.05, 3.63) is 41.5 Å². The molecule has 0 aliphatic carbocycles. The second kappa shape index (κ2) is 5.16. The van der Waals surface area contributed by atoms with Crippen LogP contribution in [-0.4, -0.2) is 21.9 Å². The summed E-state index contributed by atoms with van der Waals surface area (Å²) < 4.78 is 7.07. The second-order valence-electron chi connectivity index (χ2n) is 4.05. The van der Waals surface area contributed by atoms with E-state index < -0.39 is 0 Å². The molecule has 0 aliphatic heterocycles. The Morgan fingerprint density at radius 3 is 2.83 bits per heavy atom. The fourth-order valence-corrected chi connectivity index (χ4v) is 2.04. The quantitative estimate of drug-likeness (QED) is 0.614. The summed E-state index contributed by atoms with van der Waals surface area (Å²) in [5, 5.41) is 4.19. The third-order valence-electron chi connectivity index (χ3n) is 2.98. The zero-order valence-electron chi connectivity index (χ0n) is 10.7. The van der Waals surface area contributed by atoms with E-state index in [0.29, 0.717) is 5.75 Å². The van der Waals surface area contributed by atoms with Crippen molar-refractivity contribution in [3.8, 4) is 5.75 Å². The van der Waals surface area contributed by atoms with Gasteiger partial charge in [-0.2, -0.15) is 5.10 Å². The van der Waals surface area contributed by atoms with E-state index in [1.165, 1.54) is 0 Å². The van der Waals surface area contributed by atoms with Crippen molar-refractivity contribution < 1.29 is 4.74 Å². The minimum absolute atomic E-state index is 0.185. The van der Waals surface area contributed by atoms with E-state index in [0.717, 1.165) is 16.8 Å². The summed E-state index contributed by atoms with van der Waals surface area (Å²) in [6.45, 7) is 2.00. The van der Waals surface area contributed by atoms with Crippen LogP contribution in [0.5, 0.6) is 5.75 Å². The number of ether oxygens (including phenoxy) is 1. The molecular weight excluding hydrogens is 230 g/mol. The van der Waals surface area contributed by atoms with E-state index >= 15 is 0 Å². The van der Waals surface area contributed by atoms with Crippen molar-refractivity contribution in [1.29, 1.82) is 0 Å². The van der Waals surface area contributed by atoms with Crippen LogP contribution in [0, 0.1) is 6.92 Å². The highest BCUT2D eigenvalue weighted by molar-refractivity contribution is 5.38. The fraction of sp³-hybridized carbons (Fsp3) is 0.333. The van der Waals surface area contributed by atoms with Crippen molar-refractivity contribution in [2.24, 2.45) is 12.9 Å². The Balaban J connectivity index is 2.52. The minimum atomic E-state index is -0.185. The predicted molar refractivity (Wildman–Crippen MR) is 67.9 cm³/mol. The largest absolute Gasteiger partial charge is 0.493 e. The first kappa shape index (κ1) is 12.5. The van der Waals surface area contributed by atoms with Crippen LogP contribution < -0.4 is 16.0 Å². The van der Waals surface area contributed by atoms with Crippen molar-refractivity contribution in [1.82, 2.24) is 20.2 Å². The van der Waals surface area contributed by atoms with Gasteiger partial charge in [0, 0.05) is 19.4 Å². The number of aromatic nitrogens is 3. The summed E-state index contributed by atoms with van der Waals surface area (Å²) >= 11 is 0. The topological polar surface area (TPSA) is 78.0 Å². The first-order chi connectivity index (χ1) is 8.69. The standard InChI is InChI=1S/C12H17N5O/c1-8-6-14-5-4-9(8)11(16-13)12-10(18-3)7-15-17(12)2/h4-7,11,16H,13H2,1-3H3. The number of aryl methyl sites for hydroxylation is 2. The molecule has 0 aliphatic rings. The van der Waals surface area contributed by atoms with E-state index in [-0.39, 0.29) is 6.04 Å². The van der Waals surface area contributed by atoms with Gasteiger partial charge in [-0.25, -0.2) is 5.43 Å². The zero-order chi connectivity index (χ0) is 13.1. The summed E-state index contributed by atoms with van der Waals surface area (Å²) in [6, 6.07) is 1.75. The lowest BCUT2D eigenvalue weighted by atomic mass is 10.0. The van der Waals surface area contributed by atoms with Gasteiger partial charge in [0.25, 0.3) is 0 Å². The predicted octanol–water partition coefficient (Wildman–Crippen LogP) is 0.685. The fourth-order valence-electron chi connectivity index (χ4n) is 2.04. The monoisotopic (exact) mass is 247 g/mol. The summed E-state index contributed by atoms with van der Waals surface area (Å²) in [6.07, 6.45) is 5.23. The minimum Gasteiger partial charge on any atom is -0.493 e. The average molecular weight is 247 g/mol. The van der Waals surface area contributed by atoms with Gasteiger partial charge in [-0.3, -0.25) is 15.5 Å². The smallest absolute Gasteiger partial charge is 0.161 e. The number of nitrogens with one attached hydrogen (secondary N) is 1. The Labute approximate surface area is 106 Å². The molecular formula is C12H17N5O. The molecule has 1 unspecified atom stereocenters. The van der Waals surface area contributed by atoms with Crippen LogP contribution in [0.2, 0.25) is 0 Å². The van der Waals surface area contributed by atoms with Gasteiger partial charge < -0.3 is 4.74 Å². The number of pyridine rings is 1. The summed E-state index contributed by atoms with van der Waals surface area (Å²) in [5.41, 5.74) is 5.80. The maximum absolute atomic E-state index is 5.69. The molecule has 0 spiro atoms. The van der Waals surface area contributed by atoms with E-state index in [4.69, 9.17) is 10.6 Å². The van der Waals surface area contributed by atoms with Gasteiger partial charge in [0.15, 0.2) is 5.75 Å². The molecule has 2 rings (SSSR count). The Hall–Kier alpha value is -1.92. The molecule has 3 N–H and O–H groups in total. The van der Waals surface area contributed by atoms with Gasteiger partial charge in [-0.05, 0) is 24.1 Å². The molecule has 0 bridgehead atoms. The Kier molecular flexibility index (Phi) is 3.59. The first-order valence-corrected chi connectivity index (χ1v) is 5.61. The first-order valence-electron chi connectivity index (χ1n) is 5.61. The van der Waals surface area contributed by atoms with Crippen LogP contribution in [0.15, 0.2) is 24.7 Å². The molecule has 0 fully saturated rings. The van der Waals surface area contributed by atoms with Gasteiger partial charge in [0.2, 0.25) is 0 Å². The molecule has 18 heavy (non-hydrogen) atoms. The van der Waals surface area contributed by atoms with Crippen molar-refractivity contribution in [2.45, 2.75) is 13.0 Å². The number of nitrogens with zero attached hydrogens (tertiary/aromatic N) is 3. The lowest BCUT2D eigenvalue weighted by molar-refractivity contribution is 0.401. The third kappa shape index (κ3) is 2.07. The van der Waals surface area contributed by atoms with Gasteiger partial charge >= 0.3 is 0 Å². The SMILES string of the molecule is COc1cnn(C)c1C(NN)c1ccncc1C. The van der Waals surface area contributed by atoms with E-state index in [1.54, 1.807) is 24.2 Å². The molecule has 96 valence electrons. The lowest BCUT2D eigenvalue weighted by Crippen LogP contribution is -2.31. The maximum atomic E-state index is 5.69. The van der Waals surface area contributed by atoms with Crippen molar-refractivity contribution in [2.75, 3.05) is 7.11 Å². The Morgan fingerprint density at radius 2 is 2.22 bits per heavy atom. The summed E-state index contributed by atoms with van der Waals surface area (Å²) in [4.78, 5) is 4.09. The average Bonchev–Trinajstić information content (AvgIpc) is 2.74. The Bertz CT molecular complexity index is 537. The molecule has 0 saturated carbocycles. The molecule has 2 heterocycles. The Morgan fingerprint density at radius 1 is 1.44 bits per heavy atom. The van der Waals surface area contributed by atoms with Crippen LogP contribution in [0.3, 0.4) is 0 Å². The molecule has 0 saturated heterocycles. The van der Waals surface area contributed by atoms with Crippen LogP contribution in [0.1, 0.15) is 22.9 Å². The van der Waals surface area contributed by atoms with Crippen LogP contribution in [0.4, 0.5) is 0 Å². The highest BCUT2D eigenvalue weighted by Crippen LogP contribution is 2.29. The number of hydrogen-bond donors (Lipinski definition) is 2. The molecule has 0 amide bonds. The molecule has 2 aromatic rings. The zero-order valence-corrected chi connectivity index (χ0v) is 10.7. The molecule has 0 radical (unpaired) electrons. The van der Waals surface area contributed by atoms with Gasteiger partial charge in [-0.1, -0.05) is 0 Å². The van der Waals surface area contributed by atoms with Crippen LogP contribution in [-0.2, 0) is 7.05 Å². The molecule has 6 nitrogen and oxygen atoms in total. The van der Waals surface area contributed by atoms with Crippen LogP contribution in [0.25, 0.3) is 0 Å². The molecule has 1 atom stereocenters. The highest BCUT2D eigenvalue weighted by Gasteiger charge is 2.22. The van der Waals surface area contributed by atoms with Gasteiger partial charge in [-0.15, -0.1) is 0 Å². The number of hydrazine groups is 1. The van der Waals surface area contributed by atoms with E-state index in [1.807, 2.05) is 26.2 Å². The van der Waals surface area contributed by atoms with Crippen LogP contribution >= 0.6 is 0 Å². The number of hydrogen-bond acceptors (Lipinski definition) is 5. The van der Waals surface area contributed by atoms with Crippen molar-refractivity contribution >= 4 is 0 Å².